The van der Waals surface area contributed by atoms with Crippen LogP contribution in [0.25, 0.3) is 0 Å². The Hall–Kier alpha value is -1.58. The van der Waals surface area contributed by atoms with Gasteiger partial charge in [0.05, 0.1) is 32.4 Å². The lowest BCUT2D eigenvalue weighted by molar-refractivity contribution is -0.0403. The Balaban J connectivity index is 1.53. The molecule has 1 aliphatic heterocycles. The minimum atomic E-state index is 0.125. The largest absolute Gasteiger partial charge is 0.469 e. The van der Waals surface area contributed by atoms with Crippen LogP contribution in [0.15, 0.2) is 12.7 Å². The second-order valence-corrected chi connectivity index (χ2v) is 5.76. The van der Waals surface area contributed by atoms with Crippen LogP contribution >= 0.6 is 11.3 Å². The van der Waals surface area contributed by atoms with Gasteiger partial charge in [-0.05, 0) is 6.92 Å². The summed E-state index contributed by atoms with van der Waals surface area (Å²) in [6, 6.07) is 0. The van der Waals surface area contributed by atoms with E-state index in [9.17, 15) is 0 Å². The van der Waals surface area contributed by atoms with Crippen molar-refractivity contribution in [1.29, 1.82) is 0 Å². The van der Waals surface area contributed by atoms with Gasteiger partial charge in [-0.2, -0.15) is 5.10 Å². The summed E-state index contributed by atoms with van der Waals surface area (Å²) in [5, 5.41) is 13.9. The van der Waals surface area contributed by atoms with Crippen LogP contribution in [-0.4, -0.2) is 62.3 Å². The van der Waals surface area contributed by atoms with Crippen molar-refractivity contribution in [1.82, 2.24) is 29.9 Å². The van der Waals surface area contributed by atoms with E-state index in [4.69, 9.17) is 9.47 Å². The zero-order valence-corrected chi connectivity index (χ0v) is 12.7. The Kier molecular flexibility index (Phi) is 4.73. The fraction of sp³-hybridized carbons (Fsp3) is 0.667. The van der Waals surface area contributed by atoms with Gasteiger partial charge >= 0.3 is 0 Å². The van der Waals surface area contributed by atoms with Gasteiger partial charge in [0.2, 0.25) is 0 Å². The van der Waals surface area contributed by atoms with Gasteiger partial charge in [-0.3, -0.25) is 9.58 Å². The maximum absolute atomic E-state index is 5.78. The maximum Gasteiger partial charge on any atom is 0.294 e. The molecule has 1 fully saturated rings. The van der Waals surface area contributed by atoms with Crippen LogP contribution in [0.4, 0.5) is 0 Å². The van der Waals surface area contributed by atoms with Gasteiger partial charge < -0.3 is 9.47 Å². The number of nitrogens with zero attached hydrogens (tertiary/aromatic N) is 6. The molecule has 3 rings (SSSR count). The highest BCUT2D eigenvalue weighted by Crippen LogP contribution is 2.20. The molecule has 0 radical (unpaired) electrons. The van der Waals surface area contributed by atoms with Crippen LogP contribution < -0.4 is 4.74 Å². The lowest BCUT2D eigenvalue weighted by Crippen LogP contribution is -2.43. The second-order valence-electron chi connectivity index (χ2n) is 4.74. The average molecular weight is 310 g/mol. The van der Waals surface area contributed by atoms with E-state index >= 15 is 0 Å². The lowest BCUT2D eigenvalue weighted by atomic mass is 10.2. The van der Waals surface area contributed by atoms with Gasteiger partial charge in [-0.25, -0.2) is 4.98 Å². The quantitative estimate of drug-likeness (QED) is 0.765. The zero-order chi connectivity index (χ0) is 14.5. The molecule has 0 aromatic carbocycles. The van der Waals surface area contributed by atoms with Crippen LogP contribution in [0.1, 0.15) is 11.9 Å². The Bertz CT molecular complexity index is 546. The van der Waals surface area contributed by atoms with Crippen molar-refractivity contribution in [2.24, 2.45) is 0 Å². The Morgan fingerprint density at radius 3 is 3.24 bits per heavy atom. The summed E-state index contributed by atoms with van der Waals surface area (Å²) in [5.74, 6) is 0. The SMILES string of the molecule is CCOc1nnc(CN2CCOC(Cn3cncn3)C2)s1. The lowest BCUT2D eigenvalue weighted by Gasteiger charge is -2.32. The molecule has 0 spiro atoms. The number of hydrogen-bond donors (Lipinski definition) is 0. The molecule has 0 saturated carbocycles. The summed E-state index contributed by atoms with van der Waals surface area (Å²) in [5.41, 5.74) is 0. The number of aromatic nitrogens is 5. The first-order valence-corrected chi connectivity index (χ1v) is 7.76. The highest BCUT2D eigenvalue weighted by Gasteiger charge is 2.22. The van der Waals surface area contributed by atoms with Crippen molar-refractivity contribution < 1.29 is 9.47 Å². The molecule has 1 aliphatic rings. The van der Waals surface area contributed by atoms with Crippen molar-refractivity contribution in [2.75, 3.05) is 26.3 Å². The predicted octanol–water partition coefficient (Wildman–Crippen LogP) is 0.429. The molecule has 0 N–H and O–H groups in total. The zero-order valence-electron chi connectivity index (χ0n) is 11.9. The van der Waals surface area contributed by atoms with Crippen LogP contribution in [0.2, 0.25) is 0 Å². The summed E-state index contributed by atoms with van der Waals surface area (Å²) in [7, 11) is 0. The fourth-order valence-corrected chi connectivity index (χ4v) is 3.03. The number of hydrogen-bond acceptors (Lipinski definition) is 8. The molecule has 0 bridgehead atoms. The van der Waals surface area contributed by atoms with E-state index < -0.39 is 0 Å². The number of rotatable bonds is 6. The molecule has 2 aromatic rings. The van der Waals surface area contributed by atoms with E-state index in [1.807, 2.05) is 6.92 Å². The molecule has 2 aromatic heterocycles. The van der Waals surface area contributed by atoms with Crippen LogP contribution in [0.3, 0.4) is 0 Å². The van der Waals surface area contributed by atoms with E-state index in [1.165, 1.54) is 17.7 Å². The summed E-state index contributed by atoms with van der Waals surface area (Å²) in [6.45, 7) is 6.53. The molecule has 1 unspecified atom stereocenters. The summed E-state index contributed by atoms with van der Waals surface area (Å²) in [4.78, 5) is 6.27. The third kappa shape index (κ3) is 3.96. The maximum atomic E-state index is 5.78. The van der Waals surface area contributed by atoms with Gasteiger partial charge in [-0.1, -0.05) is 11.3 Å². The van der Waals surface area contributed by atoms with Gasteiger partial charge in [0, 0.05) is 13.1 Å². The standard InChI is InChI=1S/C12H18N6O2S/c1-2-19-12-16-15-11(21-12)7-17-3-4-20-10(5-17)6-18-9-13-8-14-18/h8-10H,2-7H2,1H3. The molecular weight excluding hydrogens is 292 g/mol. The topological polar surface area (TPSA) is 78.2 Å². The van der Waals surface area contributed by atoms with Crippen LogP contribution in [0.5, 0.6) is 5.19 Å². The normalized spacial score (nSPS) is 19.8. The van der Waals surface area contributed by atoms with Crippen molar-refractivity contribution in [3.8, 4) is 5.19 Å². The third-order valence-electron chi connectivity index (χ3n) is 3.16. The van der Waals surface area contributed by atoms with Gasteiger partial charge in [0.15, 0.2) is 0 Å². The summed E-state index contributed by atoms with van der Waals surface area (Å²) in [6.07, 6.45) is 3.37. The van der Waals surface area contributed by atoms with Crippen LogP contribution in [0, 0.1) is 0 Å². The minimum Gasteiger partial charge on any atom is -0.469 e. The van der Waals surface area contributed by atoms with Crippen molar-refractivity contribution in [2.45, 2.75) is 26.1 Å². The van der Waals surface area contributed by atoms with E-state index in [-0.39, 0.29) is 6.10 Å². The first-order chi connectivity index (χ1) is 10.3. The van der Waals surface area contributed by atoms with Crippen molar-refractivity contribution >= 4 is 11.3 Å². The molecule has 0 amide bonds. The molecule has 1 saturated heterocycles. The minimum absolute atomic E-state index is 0.125. The van der Waals surface area contributed by atoms with Gasteiger partial charge in [-0.15, -0.1) is 10.2 Å². The fourth-order valence-electron chi connectivity index (χ4n) is 2.25. The molecule has 21 heavy (non-hydrogen) atoms. The predicted molar refractivity (Wildman–Crippen MR) is 76.1 cm³/mol. The van der Waals surface area contributed by atoms with Crippen LogP contribution in [-0.2, 0) is 17.8 Å². The first kappa shape index (κ1) is 14.4. The summed E-state index contributed by atoms with van der Waals surface area (Å²) < 4.78 is 12.9. The molecule has 9 heteroatoms. The van der Waals surface area contributed by atoms with E-state index in [0.717, 1.165) is 37.8 Å². The number of morpholine rings is 1. The van der Waals surface area contributed by atoms with Gasteiger partial charge in [0.1, 0.15) is 17.7 Å². The molecular formula is C12H18N6O2S. The van der Waals surface area contributed by atoms with E-state index in [2.05, 4.69) is 25.2 Å². The first-order valence-electron chi connectivity index (χ1n) is 6.95. The highest BCUT2D eigenvalue weighted by atomic mass is 32.1. The Morgan fingerprint density at radius 2 is 2.43 bits per heavy atom. The molecule has 8 nitrogen and oxygen atoms in total. The molecule has 114 valence electrons. The molecule has 0 aliphatic carbocycles. The van der Waals surface area contributed by atoms with Crippen molar-refractivity contribution in [3.05, 3.63) is 17.7 Å². The molecule has 1 atom stereocenters. The Labute approximate surface area is 126 Å². The van der Waals surface area contributed by atoms with Crippen molar-refractivity contribution in [3.63, 3.8) is 0 Å². The highest BCUT2D eigenvalue weighted by molar-refractivity contribution is 7.13. The van der Waals surface area contributed by atoms with E-state index in [1.54, 1.807) is 11.0 Å². The van der Waals surface area contributed by atoms with E-state index in [0.29, 0.717) is 11.8 Å². The van der Waals surface area contributed by atoms with Gasteiger partial charge in [0.25, 0.3) is 5.19 Å². The smallest absolute Gasteiger partial charge is 0.294 e. The number of ether oxygens (including phenoxy) is 2. The average Bonchev–Trinajstić information content (AvgIpc) is 3.12. The summed E-state index contributed by atoms with van der Waals surface area (Å²) >= 11 is 1.50. The monoisotopic (exact) mass is 310 g/mol. The molecule has 3 heterocycles. The third-order valence-corrected chi connectivity index (χ3v) is 3.98. The Morgan fingerprint density at radius 1 is 1.48 bits per heavy atom. The second kappa shape index (κ2) is 6.92.